The van der Waals surface area contributed by atoms with Crippen molar-refractivity contribution in [1.29, 1.82) is 0 Å². The molecule has 2 bridgehead atoms. The Morgan fingerprint density at radius 1 is 1.13 bits per heavy atom. The number of methoxy groups -OCH3 is 2. The molecule has 13 nitrogen and oxygen atoms in total. The van der Waals surface area contributed by atoms with Gasteiger partial charge in [0.05, 0.1) is 37.7 Å². The van der Waals surface area contributed by atoms with Gasteiger partial charge in [-0.2, -0.15) is 0 Å². The molecule has 294 valence electrons. The van der Waals surface area contributed by atoms with E-state index in [1.54, 1.807) is 32.4 Å². The molecule has 1 N–H and O–H groups in total. The van der Waals surface area contributed by atoms with Gasteiger partial charge < -0.3 is 23.8 Å². The number of ether oxygens (including phenoxy) is 4. The van der Waals surface area contributed by atoms with E-state index < -0.39 is 33.8 Å². The number of carbonyl (C=O) groups is 3. The quantitative estimate of drug-likeness (QED) is 0.335. The fourth-order valence-electron chi connectivity index (χ4n) is 9.72. The number of hydrogen-bond acceptors (Lipinski definition) is 10. The number of nitrogens with one attached hydrogen (secondary N) is 1. The van der Waals surface area contributed by atoms with Gasteiger partial charge in [-0.3, -0.25) is 23.8 Å². The smallest absolute Gasteiger partial charge is 0.306 e. The third kappa shape index (κ3) is 7.21. The maximum absolute atomic E-state index is 14.9. The highest BCUT2D eigenvalue weighted by molar-refractivity contribution is 7.92. The molecule has 2 amide bonds. The summed E-state index contributed by atoms with van der Waals surface area (Å²) in [5.41, 5.74) is 3.17. The van der Waals surface area contributed by atoms with E-state index in [0.717, 1.165) is 37.8 Å². The number of nitrogens with zero attached hydrogens (tertiary/aromatic N) is 4. The van der Waals surface area contributed by atoms with Crippen LogP contribution in [0.4, 0.5) is 5.69 Å². The molecule has 3 aliphatic heterocycles. The lowest BCUT2D eigenvalue weighted by Crippen LogP contribution is -2.50. The van der Waals surface area contributed by atoms with Crippen LogP contribution in [-0.2, 0) is 43.1 Å². The highest BCUT2D eigenvalue weighted by Crippen LogP contribution is 2.48. The maximum atomic E-state index is 14.9. The second-order valence-corrected chi connectivity index (χ2v) is 18.5. The van der Waals surface area contributed by atoms with Crippen molar-refractivity contribution >= 4 is 45.0 Å². The van der Waals surface area contributed by atoms with Crippen LogP contribution in [-0.4, -0.2) is 83.6 Å². The number of benzene rings is 2. The number of esters is 1. The number of amides is 2. The zero-order valence-corrected chi connectivity index (χ0v) is 33.2. The Bertz CT molecular complexity index is 2150. The summed E-state index contributed by atoms with van der Waals surface area (Å²) in [5.74, 6) is -1.60. The van der Waals surface area contributed by atoms with Crippen molar-refractivity contribution in [2.75, 3.05) is 44.6 Å². The molecule has 2 fully saturated rings. The lowest BCUT2D eigenvalue weighted by atomic mass is 9.67. The lowest BCUT2D eigenvalue weighted by molar-refractivity contribution is -0.143. The van der Waals surface area contributed by atoms with Gasteiger partial charge in [-0.05, 0) is 91.8 Å². The van der Waals surface area contributed by atoms with Gasteiger partial charge in [0.1, 0.15) is 27.3 Å². The highest BCUT2D eigenvalue weighted by atomic mass is 35.5. The van der Waals surface area contributed by atoms with E-state index in [9.17, 15) is 18.6 Å². The number of halogens is 1. The van der Waals surface area contributed by atoms with Crippen molar-refractivity contribution in [3.05, 3.63) is 69.9 Å². The van der Waals surface area contributed by atoms with Gasteiger partial charge in [-0.1, -0.05) is 24.6 Å². The standard InChI is InChI=1S/C40H48ClN5O8S/c1-23-20-55(50,44-38(49)30-19-45(2)42-39(30)52-4)43-37(48)25-8-12-33-32(15-25)46(21-40(22-53-33)13-5-6-24-14-28(41)9-11-31(24)40)18-26-7-10-29(26)34(51-3)16-27-17-35(47)54-36(23)27/h8-9,11-12,14-15,19,23,26-27,29,34,36H,5-7,10,13,16-18,20-22H2,1-4H3,(H,43,44,48,49,50)/t23-,26+,27+,29-,34+,36-,40+,55+/m1/s1. The number of fused-ring (bicyclic) bond motifs is 5. The van der Waals surface area contributed by atoms with E-state index in [1.165, 1.54) is 29.1 Å². The number of anilines is 1. The maximum Gasteiger partial charge on any atom is 0.306 e. The third-order valence-corrected chi connectivity index (χ3v) is 14.6. The molecule has 55 heavy (non-hydrogen) atoms. The Balaban J connectivity index is 1.23. The topological polar surface area (TPSA) is 151 Å². The summed E-state index contributed by atoms with van der Waals surface area (Å²) in [6, 6.07) is 11.4. The summed E-state index contributed by atoms with van der Waals surface area (Å²) < 4.78 is 47.2. The number of hydrogen-bond donors (Lipinski definition) is 1. The van der Waals surface area contributed by atoms with Crippen LogP contribution in [0.3, 0.4) is 0 Å². The SMILES string of the molecule is COc1nn(C)cc1C(=O)N[S@@]1(=O)=NC(=O)c2ccc3c(c2)N(C[C@@H]2CC[C@H]2[C@@H](OC)C[C@H]2CC(=O)O[C@@H]2[C@H](C)C1)C[C@@]1(CCCc2cc(Cl)ccc21)CO3. The number of aryl methyl sites for hydroxylation is 2. The van der Waals surface area contributed by atoms with Gasteiger partial charge >= 0.3 is 5.97 Å². The van der Waals surface area contributed by atoms with Crippen LogP contribution in [0.2, 0.25) is 5.02 Å². The minimum absolute atomic E-state index is 0.0348. The first kappa shape index (κ1) is 37.8. The van der Waals surface area contributed by atoms with Crippen LogP contribution in [0.1, 0.15) is 77.3 Å². The summed E-state index contributed by atoms with van der Waals surface area (Å²) in [5, 5.41) is 4.87. The lowest BCUT2D eigenvalue weighted by Gasteiger charge is -2.46. The van der Waals surface area contributed by atoms with E-state index in [1.807, 2.05) is 13.0 Å². The summed E-state index contributed by atoms with van der Waals surface area (Å²) in [7, 11) is 0.933. The Hall–Kier alpha value is -4.14. The van der Waals surface area contributed by atoms with Crippen molar-refractivity contribution in [2.45, 2.75) is 69.5 Å². The van der Waals surface area contributed by atoms with Crippen molar-refractivity contribution < 1.29 is 37.5 Å². The van der Waals surface area contributed by atoms with E-state index in [2.05, 4.69) is 31.2 Å². The van der Waals surface area contributed by atoms with Gasteiger partial charge in [0.2, 0.25) is 5.88 Å². The third-order valence-electron chi connectivity index (χ3n) is 12.5. The normalized spacial score (nSPS) is 31.8. The van der Waals surface area contributed by atoms with Crippen molar-refractivity contribution in [3.8, 4) is 11.6 Å². The van der Waals surface area contributed by atoms with Crippen LogP contribution < -0.4 is 19.1 Å². The first-order chi connectivity index (χ1) is 26.4. The number of aromatic nitrogens is 2. The molecule has 2 aliphatic carbocycles. The number of rotatable bonds is 4. The Morgan fingerprint density at radius 2 is 1.96 bits per heavy atom. The molecule has 1 aromatic heterocycles. The molecule has 0 radical (unpaired) electrons. The molecule has 2 aromatic carbocycles. The van der Waals surface area contributed by atoms with E-state index in [0.29, 0.717) is 42.8 Å². The Labute approximate surface area is 326 Å². The van der Waals surface area contributed by atoms with Gasteiger partial charge in [0.15, 0.2) is 0 Å². The summed E-state index contributed by atoms with van der Waals surface area (Å²) in [6.45, 7) is 3.65. The van der Waals surface area contributed by atoms with Crippen molar-refractivity contribution in [1.82, 2.24) is 14.5 Å². The van der Waals surface area contributed by atoms with E-state index in [-0.39, 0.29) is 58.5 Å². The molecular weight excluding hydrogens is 746 g/mol. The molecule has 8 atom stereocenters. The molecule has 8 rings (SSSR count). The summed E-state index contributed by atoms with van der Waals surface area (Å²) in [4.78, 5) is 43.1. The zero-order valence-electron chi connectivity index (χ0n) is 31.6. The largest absolute Gasteiger partial charge is 0.490 e. The average molecular weight is 794 g/mol. The Kier molecular flexibility index (Phi) is 10.1. The minimum atomic E-state index is -3.81. The molecular formula is C40H48ClN5O8S. The minimum Gasteiger partial charge on any atom is -0.490 e. The fourth-order valence-corrected chi connectivity index (χ4v) is 11.8. The van der Waals surface area contributed by atoms with Crippen LogP contribution in [0, 0.1) is 23.7 Å². The second kappa shape index (κ2) is 14.7. The Morgan fingerprint density at radius 3 is 2.73 bits per heavy atom. The van der Waals surface area contributed by atoms with Crippen LogP contribution in [0.5, 0.6) is 11.6 Å². The van der Waals surface area contributed by atoms with Gasteiger partial charge in [-0.25, -0.2) is 4.21 Å². The van der Waals surface area contributed by atoms with E-state index in [4.69, 9.17) is 30.5 Å². The summed E-state index contributed by atoms with van der Waals surface area (Å²) in [6.07, 6.45) is 6.37. The monoisotopic (exact) mass is 793 g/mol. The average Bonchev–Trinajstić information content (AvgIpc) is 3.67. The second-order valence-electron chi connectivity index (χ2n) is 16.1. The molecule has 1 spiro atoms. The molecule has 1 saturated carbocycles. The molecule has 0 unspecified atom stereocenters. The summed E-state index contributed by atoms with van der Waals surface area (Å²) >= 11 is 6.47. The van der Waals surface area contributed by atoms with Crippen LogP contribution in [0.25, 0.3) is 0 Å². The zero-order chi connectivity index (χ0) is 38.6. The van der Waals surface area contributed by atoms with Crippen molar-refractivity contribution in [3.63, 3.8) is 0 Å². The highest BCUT2D eigenvalue weighted by Gasteiger charge is 2.47. The van der Waals surface area contributed by atoms with Crippen LogP contribution in [0.15, 0.2) is 47.0 Å². The predicted molar refractivity (Wildman–Crippen MR) is 206 cm³/mol. The van der Waals surface area contributed by atoms with Crippen LogP contribution >= 0.6 is 11.6 Å². The van der Waals surface area contributed by atoms with E-state index >= 15 is 0 Å². The molecule has 3 aromatic rings. The molecule has 1 saturated heterocycles. The van der Waals surface area contributed by atoms with Gasteiger partial charge in [0.25, 0.3) is 11.8 Å². The van der Waals surface area contributed by atoms with Gasteiger partial charge in [0, 0.05) is 61.3 Å². The molecule has 4 heterocycles. The predicted octanol–water partition coefficient (Wildman–Crippen LogP) is 5.52. The van der Waals surface area contributed by atoms with Gasteiger partial charge in [-0.15, -0.1) is 9.46 Å². The molecule has 15 heteroatoms. The molecule has 5 aliphatic rings. The first-order valence-electron chi connectivity index (χ1n) is 19.1. The first-order valence-corrected chi connectivity index (χ1v) is 21.2. The number of carbonyl (C=O) groups excluding carboxylic acids is 3. The fraction of sp³-hybridized carbons (Fsp3) is 0.550. The van der Waals surface area contributed by atoms with Crippen molar-refractivity contribution in [2.24, 2.45) is 35.1 Å².